The van der Waals surface area contributed by atoms with Crippen LogP contribution in [0.3, 0.4) is 0 Å². The van der Waals surface area contributed by atoms with Crippen molar-refractivity contribution in [2.45, 2.75) is 19.8 Å². The highest BCUT2D eigenvalue weighted by Crippen LogP contribution is 2.30. The molecular weight excluding hydrogens is 318 g/mol. The van der Waals surface area contributed by atoms with Crippen molar-refractivity contribution in [3.05, 3.63) is 27.2 Å². The summed E-state index contributed by atoms with van der Waals surface area (Å²) in [5.74, 6) is 0.0737. The molecular formula is C13H15BrClNO2. The highest BCUT2D eigenvalue weighted by atomic mass is 79.9. The SMILES string of the molecule is Cc1cc(Br)c(NC(=O)C2CCOCC2)cc1Cl. The number of halogens is 2. The van der Waals surface area contributed by atoms with Gasteiger partial charge in [0.15, 0.2) is 0 Å². The first-order chi connectivity index (χ1) is 8.58. The van der Waals surface area contributed by atoms with Crippen molar-refractivity contribution < 1.29 is 9.53 Å². The number of carbonyl (C=O) groups is 1. The fourth-order valence-corrected chi connectivity index (χ4v) is 2.66. The monoisotopic (exact) mass is 331 g/mol. The van der Waals surface area contributed by atoms with Gasteiger partial charge in [-0.25, -0.2) is 0 Å². The Kier molecular flexibility index (Phi) is 4.65. The summed E-state index contributed by atoms with van der Waals surface area (Å²) in [6.45, 7) is 3.25. The number of rotatable bonds is 2. The molecule has 1 amide bonds. The van der Waals surface area contributed by atoms with Crippen molar-refractivity contribution in [3.63, 3.8) is 0 Å². The number of hydrogen-bond acceptors (Lipinski definition) is 2. The second-order valence-electron chi connectivity index (χ2n) is 4.46. The first-order valence-corrected chi connectivity index (χ1v) is 7.09. The molecule has 0 aromatic heterocycles. The lowest BCUT2D eigenvalue weighted by Gasteiger charge is -2.21. The van der Waals surface area contributed by atoms with E-state index in [1.54, 1.807) is 6.07 Å². The van der Waals surface area contributed by atoms with Crippen molar-refractivity contribution in [1.82, 2.24) is 0 Å². The number of anilines is 1. The number of benzene rings is 1. The number of ether oxygens (including phenoxy) is 1. The number of hydrogen-bond donors (Lipinski definition) is 1. The molecule has 0 bridgehead atoms. The quantitative estimate of drug-likeness (QED) is 0.895. The normalized spacial score (nSPS) is 16.6. The topological polar surface area (TPSA) is 38.3 Å². The molecule has 1 aliphatic heterocycles. The third kappa shape index (κ3) is 3.25. The zero-order valence-corrected chi connectivity index (χ0v) is 12.5. The van der Waals surface area contributed by atoms with E-state index in [-0.39, 0.29) is 11.8 Å². The fourth-order valence-electron chi connectivity index (χ4n) is 1.94. The minimum absolute atomic E-state index is 0.0331. The van der Waals surface area contributed by atoms with E-state index in [0.29, 0.717) is 18.2 Å². The largest absolute Gasteiger partial charge is 0.381 e. The molecule has 0 saturated carbocycles. The molecule has 1 N–H and O–H groups in total. The molecule has 3 nitrogen and oxygen atoms in total. The lowest BCUT2D eigenvalue weighted by atomic mass is 9.99. The standard InChI is InChI=1S/C13H15BrClNO2/c1-8-6-10(14)12(7-11(8)15)16-13(17)9-2-4-18-5-3-9/h6-7,9H,2-5H2,1H3,(H,16,17). The smallest absolute Gasteiger partial charge is 0.227 e. The van der Waals surface area contributed by atoms with Gasteiger partial charge in [-0.05, 0) is 53.4 Å². The third-order valence-corrected chi connectivity index (χ3v) is 4.16. The molecule has 1 heterocycles. The average Bonchev–Trinajstić information content (AvgIpc) is 2.37. The van der Waals surface area contributed by atoms with Crippen LogP contribution in [-0.4, -0.2) is 19.1 Å². The summed E-state index contributed by atoms with van der Waals surface area (Å²) in [7, 11) is 0. The van der Waals surface area contributed by atoms with E-state index >= 15 is 0 Å². The second-order valence-corrected chi connectivity index (χ2v) is 5.72. The van der Waals surface area contributed by atoms with Crippen LogP contribution >= 0.6 is 27.5 Å². The van der Waals surface area contributed by atoms with Crippen molar-refractivity contribution >= 4 is 39.1 Å². The zero-order valence-electron chi connectivity index (χ0n) is 10.1. The van der Waals surface area contributed by atoms with Gasteiger partial charge in [-0.2, -0.15) is 0 Å². The van der Waals surface area contributed by atoms with Crippen LogP contribution in [0.15, 0.2) is 16.6 Å². The van der Waals surface area contributed by atoms with Gasteiger partial charge in [0.2, 0.25) is 5.91 Å². The van der Waals surface area contributed by atoms with E-state index in [4.69, 9.17) is 16.3 Å². The van der Waals surface area contributed by atoms with Gasteiger partial charge in [-0.15, -0.1) is 0 Å². The molecule has 0 aliphatic carbocycles. The van der Waals surface area contributed by atoms with Gasteiger partial charge in [-0.1, -0.05) is 11.6 Å². The Morgan fingerprint density at radius 3 is 2.78 bits per heavy atom. The Hall–Kier alpha value is -0.580. The summed E-state index contributed by atoms with van der Waals surface area (Å²) in [6.07, 6.45) is 1.56. The number of carbonyl (C=O) groups excluding carboxylic acids is 1. The Morgan fingerprint density at radius 1 is 1.44 bits per heavy atom. The van der Waals surface area contributed by atoms with Crippen molar-refractivity contribution in [3.8, 4) is 0 Å². The Labute approximate surface area is 120 Å². The molecule has 1 aromatic carbocycles. The maximum absolute atomic E-state index is 12.1. The van der Waals surface area contributed by atoms with Crippen LogP contribution in [0.25, 0.3) is 0 Å². The lowest BCUT2D eigenvalue weighted by molar-refractivity contribution is -0.122. The molecule has 98 valence electrons. The first-order valence-electron chi connectivity index (χ1n) is 5.92. The molecule has 5 heteroatoms. The Bertz CT molecular complexity index is 459. The van der Waals surface area contributed by atoms with Gasteiger partial charge >= 0.3 is 0 Å². The van der Waals surface area contributed by atoms with Crippen LogP contribution in [-0.2, 0) is 9.53 Å². The average molecular weight is 333 g/mol. The van der Waals surface area contributed by atoms with Crippen LogP contribution in [0.5, 0.6) is 0 Å². The molecule has 1 aromatic rings. The van der Waals surface area contributed by atoms with Crippen LogP contribution in [0.1, 0.15) is 18.4 Å². The molecule has 18 heavy (non-hydrogen) atoms. The number of aryl methyl sites for hydroxylation is 1. The van der Waals surface area contributed by atoms with Crippen molar-refractivity contribution in [1.29, 1.82) is 0 Å². The van der Waals surface area contributed by atoms with Gasteiger partial charge in [0.1, 0.15) is 0 Å². The van der Waals surface area contributed by atoms with E-state index in [1.165, 1.54) is 0 Å². The van der Waals surface area contributed by atoms with Crippen LogP contribution in [0.4, 0.5) is 5.69 Å². The zero-order chi connectivity index (χ0) is 13.1. The Balaban J connectivity index is 2.08. The van der Waals surface area contributed by atoms with E-state index in [0.717, 1.165) is 28.6 Å². The molecule has 2 rings (SSSR count). The van der Waals surface area contributed by atoms with Gasteiger partial charge in [-0.3, -0.25) is 4.79 Å². The number of amides is 1. The number of nitrogens with one attached hydrogen (secondary N) is 1. The minimum Gasteiger partial charge on any atom is -0.381 e. The summed E-state index contributed by atoms with van der Waals surface area (Å²) in [4.78, 5) is 12.1. The molecule has 1 aliphatic rings. The molecule has 1 fully saturated rings. The lowest BCUT2D eigenvalue weighted by Crippen LogP contribution is -2.28. The van der Waals surface area contributed by atoms with Crippen LogP contribution < -0.4 is 5.32 Å². The maximum Gasteiger partial charge on any atom is 0.227 e. The van der Waals surface area contributed by atoms with Crippen LogP contribution in [0, 0.1) is 12.8 Å². The summed E-state index contributed by atoms with van der Waals surface area (Å²) in [6, 6.07) is 3.68. The molecule has 0 unspecified atom stereocenters. The van der Waals surface area contributed by atoms with E-state index in [1.807, 2.05) is 13.0 Å². The van der Waals surface area contributed by atoms with E-state index in [2.05, 4.69) is 21.2 Å². The summed E-state index contributed by atoms with van der Waals surface area (Å²) < 4.78 is 6.10. The van der Waals surface area contributed by atoms with E-state index < -0.39 is 0 Å². The van der Waals surface area contributed by atoms with Gasteiger partial charge < -0.3 is 10.1 Å². The highest BCUT2D eigenvalue weighted by molar-refractivity contribution is 9.10. The van der Waals surface area contributed by atoms with Gasteiger partial charge in [0.25, 0.3) is 0 Å². The molecule has 1 saturated heterocycles. The predicted octanol–water partition coefficient (Wildman–Crippen LogP) is 3.78. The summed E-state index contributed by atoms with van der Waals surface area (Å²) >= 11 is 9.50. The third-order valence-electron chi connectivity index (χ3n) is 3.10. The van der Waals surface area contributed by atoms with Gasteiger partial charge in [0, 0.05) is 28.6 Å². The van der Waals surface area contributed by atoms with Crippen molar-refractivity contribution in [2.24, 2.45) is 5.92 Å². The van der Waals surface area contributed by atoms with E-state index in [9.17, 15) is 4.79 Å². The highest BCUT2D eigenvalue weighted by Gasteiger charge is 2.22. The maximum atomic E-state index is 12.1. The minimum atomic E-state index is 0.0331. The predicted molar refractivity (Wildman–Crippen MR) is 76.1 cm³/mol. The fraction of sp³-hybridized carbons (Fsp3) is 0.462. The molecule has 0 atom stereocenters. The first kappa shape index (κ1) is 13.8. The molecule has 0 radical (unpaired) electrons. The summed E-state index contributed by atoms with van der Waals surface area (Å²) in [5.41, 5.74) is 1.70. The second kappa shape index (κ2) is 6.04. The molecule has 0 spiro atoms. The van der Waals surface area contributed by atoms with Gasteiger partial charge in [0.05, 0.1) is 5.69 Å². The Morgan fingerprint density at radius 2 is 2.11 bits per heavy atom. The van der Waals surface area contributed by atoms with Crippen molar-refractivity contribution in [2.75, 3.05) is 18.5 Å². The van der Waals surface area contributed by atoms with Crippen LogP contribution in [0.2, 0.25) is 5.02 Å². The summed E-state index contributed by atoms with van der Waals surface area (Å²) in [5, 5.41) is 3.58.